The van der Waals surface area contributed by atoms with E-state index in [2.05, 4.69) is 21.2 Å². The van der Waals surface area contributed by atoms with Gasteiger partial charge in [0, 0.05) is 36.1 Å². The predicted molar refractivity (Wildman–Crippen MR) is 116 cm³/mol. The average molecular weight is 441 g/mol. The highest BCUT2D eigenvalue weighted by molar-refractivity contribution is 9.10. The van der Waals surface area contributed by atoms with Gasteiger partial charge in [-0.1, -0.05) is 58.4 Å². The van der Waals surface area contributed by atoms with Crippen LogP contribution < -0.4 is 5.32 Å². The summed E-state index contributed by atoms with van der Waals surface area (Å²) < 4.78 is 0.977. The first-order valence-electron chi connectivity index (χ1n) is 9.57. The zero-order valence-electron chi connectivity index (χ0n) is 16.0. The molecule has 0 spiro atoms. The highest BCUT2D eigenvalue weighted by Crippen LogP contribution is 2.21. The third-order valence-corrected chi connectivity index (χ3v) is 5.74. The Morgan fingerprint density at radius 1 is 1.14 bits per heavy atom. The summed E-state index contributed by atoms with van der Waals surface area (Å²) in [4.78, 5) is 26.7. The van der Waals surface area contributed by atoms with Crippen molar-refractivity contribution >= 4 is 33.8 Å². The number of hydrogen-bond acceptors (Lipinski definition) is 2. The van der Waals surface area contributed by atoms with Crippen LogP contribution in [0.4, 0.5) is 0 Å². The predicted octanol–water partition coefficient (Wildman–Crippen LogP) is 4.33. The molecule has 4 nitrogen and oxygen atoms in total. The van der Waals surface area contributed by atoms with Crippen molar-refractivity contribution in [1.29, 1.82) is 0 Å². The van der Waals surface area contributed by atoms with Crippen LogP contribution in [-0.2, 0) is 16.1 Å². The molecular weight excluding hydrogens is 416 g/mol. The first-order chi connectivity index (χ1) is 13.5. The molecule has 2 amide bonds. The van der Waals surface area contributed by atoms with Gasteiger partial charge in [-0.25, -0.2) is 0 Å². The molecular formula is C23H25BrN2O2. The summed E-state index contributed by atoms with van der Waals surface area (Å²) in [6.45, 7) is 3.81. The second-order valence-corrected chi connectivity index (χ2v) is 8.02. The van der Waals surface area contributed by atoms with Crippen molar-refractivity contribution in [1.82, 2.24) is 10.2 Å². The number of hydrogen-bond donors (Lipinski definition) is 1. The van der Waals surface area contributed by atoms with E-state index in [9.17, 15) is 9.59 Å². The summed E-state index contributed by atoms with van der Waals surface area (Å²) in [5.74, 6) is 0.0497. The molecule has 1 saturated heterocycles. The van der Waals surface area contributed by atoms with Crippen LogP contribution in [0.3, 0.4) is 0 Å². The molecule has 0 radical (unpaired) electrons. The van der Waals surface area contributed by atoms with E-state index in [0.29, 0.717) is 32.5 Å². The van der Waals surface area contributed by atoms with Gasteiger partial charge in [0.05, 0.1) is 0 Å². The van der Waals surface area contributed by atoms with Gasteiger partial charge in [-0.05, 0) is 48.6 Å². The largest absolute Gasteiger partial charge is 0.352 e. The van der Waals surface area contributed by atoms with Crippen LogP contribution in [0, 0.1) is 12.8 Å². The Morgan fingerprint density at radius 3 is 2.54 bits per heavy atom. The summed E-state index contributed by atoms with van der Waals surface area (Å²) >= 11 is 3.53. The van der Waals surface area contributed by atoms with E-state index >= 15 is 0 Å². The third kappa shape index (κ3) is 5.55. The van der Waals surface area contributed by atoms with Gasteiger partial charge in [-0.2, -0.15) is 0 Å². The molecule has 0 unspecified atom stereocenters. The van der Waals surface area contributed by atoms with Crippen LogP contribution in [0.1, 0.15) is 29.5 Å². The quantitative estimate of drug-likeness (QED) is 0.703. The Bertz CT molecular complexity index is 856. The molecule has 1 fully saturated rings. The molecule has 5 heteroatoms. The van der Waals surface area contributed by atoms with Gasteiger partial charge in [0.25, 0.3) is 0 Å². The van der Waals surface area contributed by atoms with E-state index in [4.69, 9.17) is 0 Å². The number of amides is 2. The Labute approximate surface area is 174 Å². The van der Waals surface area contributed by atoms with Crippen molar-refractivity contribution < 1.29 is 9.59 Å². The van der Waals surface area contributed by atoms with Crippen LogP contribution >= 0.6 is 15.9 Å². The maximum absolute atomic E-state index is 12.5. The Kier molecular flexibility index (Phi) is 7.04. The number of nitrogens with zero attached hydrogens (tertiary/aromatic N) is 1. The molecule has 0 atom stereocenters. The van der Waals surface area contributed by atoms with E-state index in [1.54, 1.807) is 6.08 Å². The zero-order valence-corrected chi connectivity index (χ0v) is 17.6. The van der Waals surface area contributed by atoms with E-state index in [1.165, 1.54) is 5.56 Å². The minimum Gasteiger partial charge on any atom is -0.352 e. The fourth-order valence-electron chi connectivity index (χ4n) is 3.33. The van der Waals surface area contributed by atoms with Crippen molar-refractivity contribution in [3.8, 4) is 0 Å². The second kappa shape index (κ2) is 9.69. The monoisotopic (exact) mass is 440 g/mol. The lowest BCUT2D eigenvalue weighted by molar-refractivity contribution is -0.132. The second-order valence-electron chi connectivity index (χ2n) is 7.16. The number of carbonyl (C=O) groups is 2. The maximum atomic E-state index is 12.5. The molecule has 1 aliphatic heterocycles. The number of halogens is 1. The minimum absolute atomic E-state index is 0.00406. The van der Waals surface area contributed by atoms with Crippen LogP contribution in [0.25, 0.3) is 6.08 Å². The maximum Gasteiger partial charge on any atom is 0.246 e. The molecule has 0 aliphatic carbocycles. The van der Waals surface area contributed by atoms with Crippen molar-refractivity contribution in [3.05, 3.63) is 75.8 Å². The van der Waals surface area contributed by atoms with Crippen LogP contribution in [0.5, 0.6) is 0 Å². The van der Waals surface area contributed by atoms with E-state index in [1.807, 2.05) is 66.4 Å². The molecule has 2 aromatic carbocycles. The van der Waals surface area contributed by atoms with Crippen LogP contribution in [0.2, 0.25) is 0 Å². The van der Waals surface area contributed by atoms with Gasteiger partial charge in [0.15, 0.2) is 0 Å². The zero-order chi connectivity index (χ0) is 19.9. The number of rotatable bonds is 5. The van der Waals surface area contributed by atoms with Gasteiger partial charge < -0.3 is 10.2 Å². The smallest absolute Gasteiger partial charge is 0.246 e. The van der Waals surface area contributed by atoms with Gasteiger partial charge in [0.1, 0.15) is 0 Å². The molecule has 146 valence electrons. The third-order valence-electron chi connectivity index (χ3n) is 5.05. The van der Waals surface area contributed by atoms with Crippen molar-refractivity contribution in [2.75, 3.05) is 13.1 Å². The molecule has 0 saturated carbocycles. The molecule has 0 aromatic heterocycles. The molecule has 2 aromatic rings. The normalized spacial score (nSPS) is 15.0. The van der Waals surface area contributed by atoms with Gasteiger partial charge in [0.2, 0.25) is 11.8 Å². The van der Waals surface area contributed by atoms with E-state index < -0.39 is 0 Å². The lowest BCUT2D eigenvalue weighted by Gasteiger charge is -2.30. The summed E-state index contributed by atoms with van der Waals surface area (Å²) in [6.07, 6.45) is 4.86. The topological polar surface area (TPSA) is 49.4 Å². The van der Waals surface area contributed by atoms with Gasteiger partial charge >= 0.3 is 0 Å². The van der Waals surface area contributed by atoms with E-state index in [0.717, 1.165) is 15.6 Å². The number of piperidine rings is 1. The minimum atomic E-state index is -0.0250. The number of benzene rings is 2. The van der Waals surface area contributed by atoms with Crippen molar-refractivity contribution in [2.24, 2.45) is 5.92 Å². The highest BCUT2D eigenvalue weighted by atomic mass is 79.9. The number of carbonyl (C=O) groups excluding carboxylic acids is 2. The Morgan fingerprint density at radius 2 is 1.86 bits per heavy atom. The number of aryl methyl sites for hydroxylation is 1. The number of likely N-dealkylation sites (tertiary alicyclic amines) is 1. The summed E-state index contributed by atoms with van der Waals surface area (Å²) in [7, 11) is 0. The molecule has 0 bridgehead atoms. The molecule has 1 N–H and O–H groups in total. The standard InChI is InChI=1S/C23H25BrN2O2/c1-17-7-8-19(21(24)15-17)9-10-22(27)26-13-11-20(12-14-26)23(28)25-16-18-5-3-2-4-6-18/h2-10,15,20H,11-14,16H2,1H3,(H,25,28)/b10-9+. The molecule has 1 aliphatic rings. The van der Waals surface area contributed by atoms with Gasteiger partial charge in [-0.15, -0.1) is 0 Å². The summed E-state index contributed by atoms with van der Waals surface area (Å²) in [6, 6.07) is 15.9. The van der Waals surface area contributed by atoms with Crippen LogP contribution in [-0.4, -0.2) is 29.8 Å². The average Bonchev–Trinajstić information content (AvgIpc) is 2.72. The lowest BCUT2D eigenvalue weighted by Crippen LogP contribution is -2.42. The molecule has 28 heavy (non-hydrogen) atoms. The Balaban J connectivity index is 1.47. The molecule has 1 heterocycles. The van der Waals surface area contributed by atoms with Crippen molar-refractivity contribution in [2.45, 2.75) is 26.3 Å². The fraction of sp³-hybridized carbons (Fsp3) is 0.304. The number of nitrogens with one attached hydrogen (secondary N) is 1. The SMILES string of the molecule is Cc1ccc(/C=C/C(=O)N2CCC(C(=O)NCc3ccccc3)CC2)c(Br)c1. The first kappa shape index (κ1) is 20.3. The lowest BCUT2D eigenvalue weighted by atomic mass is 9.95. The van der Waals surface area contributed by atoms with Crippen molar-refractivity contribution in [3.63, 3.8) is 0 Å². The Hall–Kier alpha value is -2.40. The fourth-order valence-corrected chi connectivity index (χ4v) is 3.95. The molecule has 3 rings (SSSR count). The summed E-state index contributed by atoms with van der Waals surface area (Å²) in [5.41, 5.74) is 3.24. The van der Waals surface area contributed by atoms with Gasteiger partial charge in [-0.3, -0.25) is 9.59 Å². The highest BCUT2D eigenvalue weighted by Gasteiger charge is 2.26. The first-order valence-corrected chi connectivity index (χ1v) is 10.4. The summed E-state index contributed by atoms with van der Waals surface area (Å²) in [5, 5.41) is 3.01. The van der Waals surface area contributed by atoms with E-state index in [-0.39, 0.29) is 17.7 Å². The van der Waals surface area contributed by atoms with Crippen LogP contribution in [0.15, 0.2) is 59.1 Å².